The Morgan fingerprint density at radius 3 is 2.47 bits per heavy atom. The SMILES string of the molecule is COC(c1nc(N)c(Br)c(C2CC2)n1)C(C)C. The number of hydrogen-bond acceptors (Lipinski definition) is 4. The Kier molecular flexibility index (Phi) is 3.68. The molecule has 1 fully saturated rings. The lowest BCUT2D eigenvalue weighted by atomic mass is 10.1. The van der Waals surface area contributed by atoms with Crippen molar-refractivity contribution in [3.63, 3.8) is 0 Å². The summed E-state index contributed by atoms with van der Waals surface area (Å²) >= 11 is 3.47. The molecule has 2 N–H and O–H groups in total. The Morgan fingerprint density at radius 1 is 1.35 bits per heavy atom. The molecule has 0 saturated heterocycles. The van der Waals surface area contributed by atoms with Gasteiger partial charge in [0.2, 0.25) is 0 Å². The van der Waals surface area contributed by atoms with Crippen LogP contribution in [0.1, 0.15) is 50.2 Å². The number of anilines is 1. The van der Waals surface area contributed by atoms with E-state index in [0.717, 1.165) is 10.2 Å². The van der Waals surface area contributed by atoms with Crippen LogP contribution >= 0.6 is 15.9 Å². The van der Waals surface area contributed by atoms with Gasteiger partial charge in [-0.05, 0) is 34.7 Å². The van der Waals surface area contributed by atoms with Gasteiger partial charge in [-0.25, -0.2) is 9.97 Å². The normalized spacial score (nSPS) is 17.5. The molecule has 4 nitrogen and oxygen atoms in total. The van der Waals surface area contributed by atoms with Crippen LogP contribution in [0.15, 0.2) is 4.47 Å². The Balaban J connectivity index is 2.40. The Hall–Kier alpha value is -0.680. The maximum absolute atomic E-state index is 5.93. The molecule has 2 rings (SSSR count). The summed E-state index contributed by atoms with van der Waals surface area (Å²) in [5.74, 6) is 2.08. The highest BCUT2D eigenvalue weighted by Gasteiger charge is 2.30. The van der Waals surface area contributed by atoms with Gasteiger partial charge in [0.05, 0.1) is 10.2 Å². The molecule has 1 aliphatic rings. The third-order valence-corrected chi connectivity index (χ3v) is 3.81. The fourth-order valence-corrected chi connectivity index (χ4v) is 2.43. The van der Waals surface area contributed by atoms with Crippen molar-refractivity contribution in [2.75, 3.05) is 12.8 Å². The van der Waals surface area contributed by atoms with Crippen LogP contribution in [0.5, 0.6) is 0 Å². The first-order chi connectivity index (χ1) is 8.04. The molecule has 17 heavy (non-hydrogen) atoms. The zero-order valence-electron chi connectivity index (χ0n) is 10.4. The average Bonchev–Trinajstić information content (AvgIpc) is 3.07. The Morgan fingerprint density at radius 2 is 2.00 bits per heavy atom. The molecule has 0 spiro atoms. The first-order valence-corrected chi connectivity index (χ1v) is 6.69. The second-order valence-corrected chi connectivity index (χ2v) is 5.63. The van der Waals surface area contributed by atoms with Crippen LogP contribution in [0.25, 0.3) is 0 Å². The highest BCUT2D eigenvalue weighted by Crippen LogP contribution is 2.43. The average molecular weight is 300 g/mol. The topological polar surface area (TPSA) is 61.0 Å². The van der Waals surface area contributed by atoms with Crippen molar-refractivity contribution in [2.45, 2.75) is 38.7 Å². The second-order valence-electron chi connectivity index (χ2n) is 4.84. The van der Waals surface area contributed by atoms with E-state index in [1.54, 1.807) is 7.11 Å². The molecule has 0 amide bonds. The molecule has 1 atom stereocenters. The van der Waals surface area contributed by atoms with Gasteiger partial charge < -0.3 is 10.5 Å². The third-order valence-electron chi connectivity index (χ3n) is 3.00. The van der Waals surface area contributed by atoms with E-state index in [9.17, 15) is 0 Å². The molecule has 1 aliphatic carbocycles. The molecule has 0 aliphatic heterocycles. The van der Waals surface area contributed by atoms with Gasteiger partial charge in [-0.2, -0.15) is 0 Å². The molecule has 5 heteroatoms. The molecule has 1 unspecified atom stereocenters. The summed E-state index contributed by atoms with van der Waals surface area (Å²) in [5.41, 5.74) is 6.96. The lowest BCUT2D eigenvalue weighted by Gasteiger charge is -2.19. The molecule has 0 bridgehead atoms. The second kappa shape index (κ2) is 4.90. The zero-order chi connectivity index (χ0) is 12.6. The summed E-state index contributed by atoms with van der Waals surface area (Å²) < 4.78 is 6.30. The van der Waals surface area contributed by atoms with Gasteiger partial charge in [-0.3, -0.25) is 0 Å². The molecule has 1 aromatic rings. The minimum Gasteiger partial charge on any atom is -0.383 e. The quantitative estimate of drug-likeness (QED) is 0.928. The van der Waals surface area contributed by atoms with Gasteiger partial charge in [0, 0.05) is 13.0 Å². The van der Waals surface area contributed by atoms with Gasteiger partial charge in [0.25, 0.3) is 0 Å². The number of nitrogens with two attached hydrogens (primary N) is 1. The maximum atomic E-state index is 5.93. The summed E-state index contributed by atoms with van der Waals surface area (Å²) in [6.07, 6.45) is 2.28. The first kappa shape index (κ1) is 12.8. The van der Waals surface area contributed by atoms with Gasteiger partial charge in [0.1, 0.15) is 11.9 Å². The van der Waals surface area contributed by atoms with Crippen LogP contribution in [0, 0.1) is 5.92 Å². The predicted octanol–water partition coefficient (Wildman–Crippen LogP) is 3.04. The number of nitrogen functional groups attached to an aromatic ring is 1. The standard InChI is InChI=1S/C12H18BrN3O/c1-6(2)10(17-3)12-15-9(7-4-5-7)8(13)11(14)16-12/h6-7,10H,4-5H2,1-3H3,(H2,14,15,16). The minimum absolute atomic E-state index is 0.0945. The van der Waals surface area contributed by atoms with Crippen molar-refractivity contribution in [1.29, 1.82) is 0 Å². The first-order valence-electron chi connectivity index (χ1n) is 5.90. The number of hydrogen-bond donors (Lipinski definition) is 1. The van der Waals surface area contributed by atoms with E-state index >= 15 is 0 Å². The molecule has 0 radical (unpaired) electrons. The summed E-state index contributed by atoms with van der Waals surface area (Å²) in [6.45, 7) is 4.18. The maximum Gasteiger partial charge on any atom is 0.160 e. The van der Waals surface area contributed by atoms with Crippen LogP contribution < -0.4 is 5.73 Å². The molecular weight excluding hydrogens is 282 g/mol. The molecule has 0 aromatic carbocycles. The fraction of sp³-hybridized carbons (Fsp3) is 0.667. The van der Waals surface area contributed by atoms with E-state index in [2.05, 4.69) is 39.7 Å². The lowest BCUT2D eigenvalue weighted by molar-refractivity contribution is 0.0574. The number of methoxy groups -OCH3 is 1. The van der Waals surface area contributed by atoms with Crippen LogP contribution in [0.2, 0.25) is 0 Å². The number of nitrogens with zero attached hydrogens (tertiary/aromatic N) is 2. The van der Waals surface area contributed by atoms with Crippen LogP contribution in [-0.2, 0) is 4.74 Å². The number of aromatic nitrogens is 2. The monoisotopic (exact) mass is 299 g/mol. The molecule has 94 valence electrons. The number of rotatable bonds is 4. The van der Waals surface area contributed by atoms with Gasteiger partial charge in [-0.1, -0.05) is 13.8 Å². The van der Waals surface area contributed by atoms with Crippen LogP contribution in [0.4, 0.5) is 5.82 Å². The number of ether oxygens (including phenoxy) is 1. The van der Waals surface area contributed by atoms with Gasteiger partial charge in [-0.15, -0.1) is 0 Å². The van der Waals surface area contributed by atoms with Crippen molar-refractivity contribution < 1.29 is 4.74 Å². The van der Waals surface area contributed by atoms with Crippen molar-refractivity contribution in [1.82, 2.24) is 9.97 Å². The van der Waals surface area contributed by atoms with E-state index in [1.165, 1.54) is 12.8 Å². The van der Waals surface area contributed by atoms with Crippen molar-refractivity contribution >= 4 is 21.7 Å². The summed E-state index contributed by atoms with van der Waals surface area (Å²) in [7, 11) is 1.68. The fourth-order valence-electron chi connectivity index (χ4n) is 1.93. The smallest absolute Gasteiger partial charge is 0.160 e. The molecule has 1 aromatic heterocycles. The minimum atomic E-state index is -0.0945. The molecule has 1 heterocycles. The van der Waals surface area contributed by atoms with E-state index in [1.807, 2.05) is 0 Å². The van der Waals surface area contributed by atoms with E-state index in [-0.39, 0.29) is 6.10 Å². The number of halogens is 1. The van der Waals surface area contributed by atoms with E-state index in [4.69, 9.17) is 10.5 Å². The van der Waals surface area contributed by atoms with Crippen molar-refractivity contribution in [3.8, 4) is 0 Å². The lowest BCUT2D eigenvalue weighted by Crippen LogP contribution is -2.15. The van der Waals surface area contributed by atoms with Crippen LogP contribution in [-0.4, -0.2) is 17.1 Å². The Labute approximate surface area is 110 Å². The summed E-state index contributed by atoms with van der Waals surface area (Å²) in [5, 5.41) is 0. The molecule has 1 saturated carbocycles. The zero-order valence-corrected chi connectivity index (χ0v) is 12.0. The van der Waals surface area contributed by atoms with Crippen molar-refractivity contribution in [2.24, 2.45) is 5.92 Å². The summed E-state index contributed by atoms with van der Waals surface area (Å²) in [4.78, 5) is 8.96. The van der Waals surface area contributed by atoms with Gasteiger partial charge in [0.15, 0.2) is 5.82 Å². The highest BCUT2D eigenvalue weighted by atomic mass is 79.9. The Bertz CT molecular complexity index is 418. The third kappa shape index (κ3) is 2.60. The van der Waals surface area contributed by atoms with E-state index < -0.39 is 0 Å². The van der Waals surface area contributed by atoms with E-state index in [0.29, 0.717) is 23.5 Å². The van der Waals surface area contributed by atoms with Crippen LogP contribution in [0.3, 0.4) is 0 Å². The predicted molar refractivity (Wildman–Crippen MR) is 70.7 cm³/mol. The van der Waals surface area contributed by atoms with Gasteiger partial charge >= 0.3 is 0 Å². The largest absolute Gasteiger partial charge is 0.383 e. The highest BCUT2D eigenvalue weighted by molar-refractivity contribution is 9.10. The molecular formula is C12H18BrN3O. The summed E-state index contributed by atoms with van der Waals surface area (Å²) in [6, 6.07) is 0. The van der Waals surface area contributed by atoms with Crippen molar-refractivity contribution in [3.05, 3.63) is 16.0 Å².